The molecule has 2 heterocycles. The highest BCUT2D eigenvalue weighted by atomic mass is 35.5. The van der Waals surface area contributed by atoms with E-state index in [0.29, 0.717) is 17.7 Å². The van der Waals surface area contributed by atoms with Gasteiger partial charge in [0.2, 0.25) is 5.91 Å². The van der Waals surface area contributed by atoms with E-state index in [1.54, 1.807) is 32.2 Å². The summed E-state index contributed by atoms with van der Waals surface area (Å²) in [4.78, 5) is 40.3. The minimum absolute atomic E-state index is 0.0383. The lowest BCUT2D eigenvalue weighted by Gasteiger charge is -2.36. The van der Waals surface area contributed by atoms with Crippen LogP contribution in [0.2, 0.25) is 5.02 Å². The third-order valence-corrected chi connectivity index (χ3v) is 7.43. The molecular formula is C30H26ClFN6O3. The van der Waals surface area contributed by atoms with Gasteiger partial charge in [-0.15, -0.1) is 5.10 Å². The van der Waals surface area contributed by atoms with E-state index in [1.165, 1.54) is 34.1 Å². The van der Waals surface area contributed by atoms with Crippen molar-refractivity contribution in [1.29, 1.82) is 0 Å². The maximum absolute atomic E-state index is 15.0. The van der Waals surface area contributed by atoms with Crippen molar-refractivity contribution in [2.24, 2.45) is 0 Å². The first kappa shape index (κ1) is 27.9. The number of rotatable bonds is 7. The molecule has 1 aliphatic heterocycles. The van der Waals surface area contributed by atoms with Gasteiger partial charge in [-0.25, -0.2) is 4.39 Å². The zero-order chi connectivity index (χ0) is 29.1. The number of nitrogens with zero attached hydrogens (tertiary/aromatic N) is 5. The summed E-state index contributed by atoms with van der Waals surface area (Å²) in [5.41, 5.74) is 4.46. The van der Waals surface area contributed by atoms with E-state index in [4.69, 9.17) is 11.6 Å². The Labute approximate surface area is 240 Å². The van der Waals surface area contributed by atoms with E-state index in [-0.39, 0.29) is 35.2 Å². The number of hydrogen-bond acceptors (Lipinski definition) is 6. The van der Waals surface area contributed by atoms with E-state index in [0.717, 1.165) is 22.3 Å². The number of tetrazole rings is 1. The molecule has 1 N–H and O–H groups in total. The summed E-state index contributed by atoms with van der Waals surface area (Å²) in [7, 11) is 1.58. The van der Waals surface area contributed by atoms with Gasteiger partial charge in [-0.1, -0.05) is 48.9 Å². The standard InChI is InChI=1S/C30H26ClFN6O3/c1-3-26(39)29-22-6-4-5-20(18-7-9-19(10-8-18)30(41)33-2)21(22)15-16-37(29)27(40)14-11-23-25(38-17-34-35-36-38)13-12-24(31)28(23)32/h4-14,17,29H,3,15-16H2,1-2H3,(H,33,41)/b14-11+. The van der Waals surface area contributed by atoms with Gasteiger partial charge >= 0.3 is 0 Å². The Balaban J connectivity index is 1.49. The van der Waals surface area contributed by atoms with Gasteiger partial charge in [-0.2, -0.15) is 4.68 Å². The summed E-state index contributed by atoms with van der Waals surface area (Å²) >= 11 is 6.02. The zero-order valence-electron chi connectivity index (χ0n) is 22.3. The quantitative estimate of drug-likeness (QED) is 0.324. The van der Waals surface area contributed by atoms with Crippen LogP contribution in [0.3, 0.4) is 0 Å². The second-order valence-electron chi connectivity index (χ2n) is 9.42. The lowest BCUT2D eigenvalue weighted by molar-refractivity contribution is -0.136. The van der Waals surface area contributed by atoms with Crippen LogP contribution < -0.4 is 5.32 Å². The molecule has 0 bridgehead atoms. The van der Waals surface area contributed by atoms with Crippen LogP contribution >= 0.6 is 11.6 Å². The predicted molar refractivity (Wildman–Crippen MR) is 152 cm³/mol. The Morgan fingerprint density at radius 3 is 2.59 bits per heavy atom. The molecule has 4 aromatic rings. The number of aromatic nitrogens is 4. The second kappa shape index (κ2) is 11.8. The molecule has 1 aliphatic rings. The van der Waals surface area contributed by atoms with Crippen molar-refractivity contribution in [3.8, 4) is 16.8 Å². The molecule has 41 heavy (non-hydrogen) atoms. The fraction of sp³-hybridized carbons (Fsp3) is 0.200. The lowest BCUT2D eigenvalue weighted by atomic mass is 9.84. The van der Waals surface area contributed by atoms with Crippen molar-refractivity contribution >= 4 is 35.3 Å². The van der Waals surface area contributed by atoms with Crippen LogP contribution in [0.25, 0.3) is 22.9 Å². The fourth-order valence-corrected chi connectivity index (χ4v) is 5.26. The molecule has 208 valence electrons. The highest BCUT2D eigenvalue weighted by Gasteiger charge is 2.35. The molecule has 1 aromatic heterocycles. The maximum atomic E-state index is 15.0. The molecule has 2 amide bonds. The molecule has 0 radical (unpaired) electrons. The monoisotopic (exact) mass is 572 g/mol. The maximum Gasteiger partial charge on any atom is 0.251 e. The minimum Gasteiger partial charge on any atom is -0.355 e. The minimum atomic E-state index is -0.797. The van der Waals surface area contributed by atoms with Crippen LogP contribution in [0, 0.1) is 5.82 Å². The molecule has 5 rings (SSSR count). The first-order valence-corrected chi connectivity index (χ1v) is 13.4. The highest BCUT2D eigenvalue weighted by Crippen LogP contribution is 2.37. The van der Waals surface area contributed by atoms with Crippen molar-refractivity contribution in [2.75, 3.05) is 13.6 Å². The molecule has 1 unspecified atom stereocenters. The number of benzene rings is 3. The molecule has 3 aromatic carbocycles. The van der Waals surface area contributed by atoms with Crippen LogP contribution in [0.1, 0.15) is 46.4 Å². The van der Waals surface area contributed by atoms with Crippen molar-refractivity contribution in [1.82, 2.24) is 30.4 Å². The van der Waals surface area contributed by atoms with Gasteiger partial charge in [0.25, 0.3) is 5.91 Å². The van der Waals surface area contributed by atoms with Gasteiger partial charge in [0.1, 0.15) is 12.4 Å². The number of hydrogen-bond donors (Lipinski definition) is 1. The van der Waals surface area contributed by atoms with Crippen LogP contribution in [-0.2, 0) is 16.0 Å². The van der Waals surface area contributed by atoms with Gasteiger partial charge in [0.15, 0.2) is 11.6 Å². The molecule has 0 fully saturated rings. The number of carbonyl (C=O) groups excluding carboxylic acids is 3. The Morgan fingerprint density at radius 2 is 1.90 bits per heavy atom. The summed E-state index contributed by atoms with van der Waals surface area (Å²) in [6.07, 6.45) is 4.62. The van der Waals surface area contributed by atoms with E-state index >= 15 is 4.39 Å². The average Bonchev–Trinajstić information content (AvgIpc) is 3.55. The molecule has 0 spiro atoms. The first-order chi connectivity index (χ1) is 19.8. The normalized spacial score (nSPS) is 14.6. The number of halogens is 2. The number of nitrogens with one attached hydrogen (secondary N) is 1. The smallest absolute Gasteiger partial charge is 0.251 e. The number of carbonyl (C=O) groups is 3. The molecule has 1 atom stereocenters. The van der Waals surface area contributed by atoms with Crippen LogP contribution in [0.15, 0.2) is 67.0 Å². The summed E-state index contributed by atoms with van der Waals surface area (Å²) in [5, 5.41) is 13.5. The molecule has 0 saturated carbocycles. The van der Waals surface area contributed by atoms with Crippen LogP contribution in [-0.4, -0.2) is 56.3 Å². The largest absolute Gasteiger partial charge is 0.355 e. The van der Waals surface area contributed by atoms with Crippen molar-refractivity contribution in [2.45, 2.75) is 25.8 Å². The van der Waals surface area contributed by atoms with Gasteiger partial charge in [0.05, 0.1) is 10.7 Å². The molecule has 9 nitrogen and oxygen atoms in total. The predicted octanol–water partition coefficient (Wildman–Crippen LogP) is 4.60. The highest BCUT2D eigenvalue weighted by molar-refractivity contribution is 6.31. The molecule has 0 saturated heterocycles. The van der Waals surface area contributed by atoms with E-state index in [9.17, 15) is 14.4 Å². The summed E-state index contributed by atoms with van der Waals surface area (Å²) < 4.78 is 16.3. The number of fused-ring (bicyclic) bond motifs is 1. The first-order valence-electron chi connectivity index (χ1n) is 13.0. The third-order valence-electron chi connectivity index (χ3n) is 7.14. The molecule has 11 heteroatoms. The van der Waals surface area contributed by atoms with E-state index in [2.05, 4.69) is 20.8 Å². The average molecular weight is 573 g/mol. The number of ketones is 1. The third kappa shape index (κ3) is 5.38. The second-order valence-corrected chi connectivity index (χ2v) is 9.82. The fourth-order valence-electron chi connectivity index (χ4n) is 5.10. The Kier molecular flexibility index (Phi) is 8.02. The summed E-state index contributed by atoms with van der Waals surface area (Å²) in [5.74, 6) is -1.45. The van der Waals surface area contributed by atoms with Crippen LogP contribution in [0.4, 0.5) is 4.39 Å². The van der Waals surface area contributed by atoms with E-state index < -0.39 is 17.8 Å². The van der Waals surface area contributed by atoms with Crippen molar-refractivity contribution in [3.63, 3.8) is 0 Å². The summed E-state index contributed by atoms with van der Waals surface area (Å²) in [6, 6.07) is 15.1. The van der Waals surface area contributed by atoms with E-state index in [1.807, 2.05) is 30.3 Å². The van der Waals surface area contributed by atoms with Crippen molar-refractivity contribution < 1.29 is 18.8 Å². The molecular weight excluding hydrogens is 547 g/mol. The van der Waals surface area contributed by atoms with Crippen molar-refractivity contribution in [3.05, 3.63) is 100 Å². The SMILES string of the molecule is CCC(=O)C1c2cccc(-c3ccc(C(=O)NC)cc3)c2CCN1C(=O)/C=C/c1c(-n2cnnn2)ccc(Cl)c1F. The van der Waals surface area contributed by atoms with Gasteiger partial charge in [-0.3, -0.25) is 14.4 Å². The summed E-state index contributed by atoms with van der Waals surface area (Å²) in [6.45, 7) is 2.05. The zero-order valence-corrected chi connectivity index (χ0v) is 23.1. The van der Waals surface area contributed by atoms with Crippen LogP contribution in [0.5, 0.6) is 0 Å². The lowest BCUT2D eigenvalue weighted by Crippen LogP contribution is -2.42. The van der Waals surface area contributed by atoms with Gasteiger partial charge in [0, 0.05) is 37.2 Å². The number of amides is 2. The van der Waals surface area contributed by atoms with Gasteiger partial charge in [-0.05, 0) is 69.4 Å². The number of Topliss-reactive ketones (excluding diaryl/α,β-unsaturated/α-hetero) is 1. The molecule has 0 aliphatic carbocycles. The topological polar surface area (TPSA) is 110 Å². The van der Waals surface area contributed by atoms with Gasteiger partial charge < -0.3 is 10.2 Å². The Hall–Kier alpha value is -4.70. The Bertz CT molecular complexity index is 1650. The Morgan fingerprint density at radius 1 is 1.12 bits per heavy atom.